The number of esters is 3. The molecule has 0 bridgehead atoms. The van der Waals surface area contributed by atoms with E-state index in [4.69, 9.17) is 14.2 Å². The minimum atomic E-state index is -0.757. The van der Waals surface area contributed by atoms with E-state index in [0.717, 1.165) is 57.8 Å². The molecule has 0 heterocycles. The first-order chi connectivity index (χ1) is 25.0. The van der Waals surface area contributed by atoms with Gasteiger partial charge in [-0.1, -0.05) is 213 Å². The molecule has 6 heteroatoms. The van der Waals surface area contributed by atoms with Gasteiger partial charge in [0.05, 0.1) is 0 Å². The van der Waals surface area contributed by atoms with Crippen LogP contribution in [0.5, 0.6) is 0 Å². The maximum Gasteiger partial charge on any atom is 0.306 e. The first-order valence-electron chi connectivity index (χ1n) is 22.5. The van der Waals surface area contributed by atoms with E-state index >= 15 is 0 Å². The fourth-order valence-corrected chi connectivity index (χ4v) is 6.68. The molecule has 0 aliphatic rings. The van der Waals surface area contributed by atoms with Crippen molar-refractivity contribution in [2.45, 2.75) is 258 Å². The third-order valence-corrected chi connectivity index (χ3v) is 10.1. The highest BCUT2D eigenvalue weighted by atomic mass is 16.6. The topological polar surface area (TPSA) is 78.9 Å². The van der Waals surface area contributed by atoms with E-state index in [0.29, 0.717) is 19.3 Å². The van der Waals surface area contributed by atoms with Crippen LogP contribution in [0.4, 0.5) is 0 Å². The van der Waals surface area contributed by atoms with E-state index in [1.54, 1.807) is 0 Å². The largest absolute Gasteiger partial charge is 0.462 e. The zero-order valence-corrected chi connectivity index (χ0v) is 34.4. The number of hydrogen-bond acceptors (Lipinski definition) is 6. The SMILES string of the molecule is CCCCCCCCCCCCCCCC(=O)OC[C@H](COC(=O)CCCCCCCCCCCCC)OC(=O)CCCCCCCCCCC. The van der Waals surface area contributed by atoms with Gasteiger partial charge >= 0.3 is 17.9 Å². The van der Waals surface area contributed by atoms with Gasteiger partial charge in [0, 0.05) is 19.3 Å². The summed E-state index contributed by atoms with van der Waals surface area (Å²) in [4.78, 5) is 37.6. The predicted molar refractivity (Wildman–Crippen MR) is 215 cm³/mol. The number of hydrogen-bond donors (Lipinski definition) is 0. The Balaban J connectivity index is 4.29. The van der Waals surface area contributed by atoms with Crippen molar-refractivity contribution >= 4 is 17.9 Å². The van der Waals surface area contributed by atoms with Crippen LogP contribution in [-0.2, 0) is 28.6 Å². The van der Waals surface area contributed by atoms with E-state index < -0.39 is 6.10 Å². The predicted octanol–water partition coefficient (Wildman–Crippen LogP) is 14.1. The quantitative estimate of drug-likeness (QED) is 0.0355. The van der Waals surface area contributed by atoms with Crippen LogP contribution in [0.3, 0.4) is 0 Å². The van der Waals surface area contributed by atoms with E-state index in [9.17, 15) is 14.4 Å². The zero-order valence-electron chi connectivity index (χ0n) is 34.4. The van der Waals surface area contributed by atoms with Crippen LogP contribution in [-0.4, -0.2) is 37.2 Å². The van der Waals surface area contributed by atoms with Crippen LogP contribution in [0.15, 0.2) is 0 Å². The monoisotopic (exact) mass is 723 g/mol. The van der Waals surface area contributed by atoms with Crippen molar-refractivity contribution in [1.82, 2.24) is 0 Å². The summed E-state index contributed by atoms with van der Waals surface area (Å²) in [6.45, 7) is 6.62. The van der Waals surface area contributed by atoms with Crippen LogP contribution in [0.2, 0.25) is 0 Å². The maximum atomic E-state index is 12.6. The summed E-state index contributed by atoms with van der Waals surface area (Å²) in [5.41, 5.74) is 0. The first-order valence-corrected chi connectivity index (χ1v) is 22.5. The van der Waals surface area contributed by atoms with Gasteiger partial charge in [-0.05, 0) is 19.3 Å². The molecule has 0 saturated heterocycles. The number of rotatable bonds is 41. The second-order valence-electron chi connectivity index (χ2n) is 15.3. The lowest BCUT2D eigenvalue weighted by Gasteiger charge is -2.18. The minimum absolute atomic E-state index is 0.0630. The molecule has 0 amide bonds. The third-order valence-electron chi connectivity index (χ3n) is 10.1. The Labute approximate surface area is 317 Å². The Hall–Kier alpha value is -1.59. The van der Waals surface area contributed by atoms with Crippen LogP contribution in [0.25, 0.3) is 0 Å². The van der Waals surface area contributed by atoms with Gasteiger partial charge < -0.3 is 14.2 Å². The summed E-state index contributed by atoms with van der Waals surface area (Å²) in [6, 6.07) is 0. The van der Waals surface area contributed by atoms with Gasteiger partial charge in [-0.2, -0.15) is 0 Å². The lowest BCUT2D eigenvalue weighted by molar-refractivity contribution is -0.167. The molecule has 0 unspecified atom stereocenters. The Bertz CT molecular complexity index is 753. The Kier molecular flexibility index (Phi) is 39.9. The number of ether oxygens (including phenoxy) is 3. The normalized spacial score (nSPS) is 11.8. The van der Waals surface area contributed by atoms with Gasteiger partial charge in [-0.15, -0.1) is 0 Å². The fourth-order valence-electron chi connectivity index (χ4n) is 6.68. The molecule has 0 aliphatic heterocycles. The van der Waals surface area contributed by atoms with Crippen molar-refractivity contribution in [2.24, 2.45) is 0 Å². The standard InChI is InChI=1S/C45H86O6/c1-4-7-10-13-16-19-21-22-24-27-29-32-35-38-44(47)50-41-42(51-45(48)39-36-33-30-25-18-15-12-9-6-3)40-49-43(46)37-34-31-28-26-23-20-17-14-11-8-5-2/h42H,4-41H2,1-3H3/t42-/m0/s1. The molecule has 0 aromatic heterocycles. The van der Waals surface area contributed by atoms with Gasteiger partial charge in [0.25, 0.3) is 0 Å². The Morgan fingerprint density at radius 2 is 0.529 bits per heavy atom. The van der Waals surface area contributed by atoms with E-state index in [-0.39, 0.29) is 31.1 Å². The third kappa shape index (κ3) is 39.5. The van der Waals surface area contributed by atoms with Crippen molar-refractivity contribution in [3.63, 3.8) is 0 Å². The summed E-state index contributed by atoms with van der Waals surface area (Å²) < 4.78 is 16.7. The lowest BCUT2D eigenvalue weighted by Crippen LogP contribution is -2.30. The van der Waals surface area contributed by atoms with Gasteiger partial charge in [0.15, 0.2) is 6.10 Å². The summed E-state index contributed by atoms with van der Waals surface area (Å²) in [5, 5.41) is 0. The number of carbonyl (C=O) groups is 3. The van der Waals surface area contributed by atoms with E-state index in [2.05, 4.69) is 20.8 Å². The molecule has 0 radical (unpaired) electrons. The highest BCUT2D eigenvalue weighted by Crippen LogP contribution is 2.15. The second-order valence-corrected chi connectivity index (χ2v) is 15.3. The number of carbonyl (C=O) groups excluding carboxylic acids is 3. The lowest BCUT2D eigenvalue weighted by atomic mass is 10.0. The second kappa shape index (κ2) is 41.2. The van der Waals surface area contributed by atoms with Gasteiger partial charge in [0.2, 0.25) is 0 Å². The zero-order chi connectivity index (χ0) is 37.3. The minimum Gasteiger partial charge on any atom is -0.462 e. The van der Waals surface area contributed by atoms with Gasteiger partial charge in [0.1, 0.15) is 13.2 Å². The Morgan fingerprint density at radius 1 is 0.314 bits per heavy atom. The maximum absolute atomic E-state index is 12.6. The molecule has 0 rings (SSSR count). The molecule has 1 atom stereocenters. The molecule has 0 spiro atoms. The number of unbranched alkanes of at least 4 members (excludes halogenated alkanes) is 30. The van der Waals surface area contributed by atoms with Gasteiger partial charge in [-0.3, -0.25) is 14.4 Å². The highest BCUT2D eigenvalue weighted by Gasteiger charge is 2.19. The molecule has 6 nitrogen and oxygen atoms in total. The van der Waals surface area contributed by atoms with Gasteiger partial charge in [-0.25, -0.2) is 0 Å². The van der Waals surface area contributed by atoms with Crippen LogP contribution in [0.1, 0.15) is 252 Å². The van der Waals surface area contributed by atoms with Crippen molar-refractivity contribution in [3.8, 4) is 0 Å². The molecule has 0 aromatic carbocycles. The fraction of sp³-hybridized carbons (Fsp3) is 0.933. The van der Waals surface area contributed by atoms with E-state index in [1.807, 2.05) is 0 Å². The smallest absolute Gasteiger partial charge is 0.306 e. The first kappa shape index (κ1) is 49.4. The molecule has 0 saturated carbocycles. The van der Waals surface area contributed by atoms with E-state index in [1.165, 1.54) is 154 Å². The molecule has 0 N–H and O–H groups in total. The van der Waals surface area contributed by atoms with Crippen molar-refractivity contribution < 1.29 is 28.6 Å². The molecule has 51 heavy (non-hydrogen) atoms. The average molecular weight is 723 g/mol. The molecule has 0 aromatic rings. The Morgan fingerprint density at radius 3 is 0.784 bits per heavy atom. The summed E-state index contributed by atoms with van der Waals surface area (Å²) in [6.07, 6.45) is 40.8. The summed E-state index contributed by atoms with van der Waals surface area (Å²) in [7, 11) is 0. The summed E-state index contributed by atoms with van der Waals surface area (Å²) >= 11 is 0. The van der Waals surface area contributed by atoms with Crippen molar-refractivity contribution in [2.75, 3.05) is 13.2 Å². The van der Waals surface area contributed by atoms with Crippen LogP contribution < -0.4 is 0 Å². The molecular formula is C45H86O6. The average Bonchev–Trinajstić information content (AvgIpc) is 3.12. The molecule has 0 aliphatic carbocycles. The van der Waals surface area contributed by atoms with Crippen LogP contribution in [0, 0.1) is 0 Å². The van der Waals surface area contributed by atoms with Crippen molar-refractivity contribution in [3.05, 3.63) is 0 Å². The molecule has 0 fully saturated rings. The molecule has 302 valence electrons. The highest BCUT2D eigenvalue weighted by molar-refractivity contribution is 5.71. The van der Waals surface area contributed by atoms with Crippen LogP contribution >= 0.6 is 0 Å². The molecular weight excluding hydrogens is 636 g/mol. The summed E-state index contributed by atoms with van der Waals surface area (Å²) in [5.74, 6) is -0.855. The van der Waals surface area contributed by atoms with Crippen molar-refractivity contribution in [1.29, 1.82) is 0 Å².